The normalized spacial score (nSPS) is 11.1. The average molecular weight is 207 g/mol. The second kappa shape index (κ2) is 3.52. The fourth-order valence-corrected chi connectivity index (χ4v) is 0.861. The van der Waals surface area contributed by atoms with Crippen LogP contribution in [0.3, 0.4) is 0 Å². The van der Waals surface area contributed by atoms with Crippen LogP contribution in [0.2, 0.25) is 0 Å². The van der Waals surface area contributed by atoms with Crippen molar-refractivity contribution >= 4 is 0 Å². The van der Waals surface area contributed by atoms with Gasteiger partial charge in [-0.3, -0.25) is 4.84 Å². The predicted octanol–water partition coefficient (Wildman–Crippen LogP) is 2.28. The number of para-hydroxylation sites is 1. The van der Waals surface area contributed by atoms with Crippen LogP contribution in [-0.2, 0) is 6.18 Å². The average Bonchev–Trinajstić information content (AvgIpc) is 2.01. The van der Waals surface area contributed by atoms with Gasteiger partial charge in [-0.15, -0.1) is 10.1 Å². The molecule has 14 heavy (non-hydrogen) atoms. The van der Waals surface area contributed by atoms with Gasteiger partial charge in [0.1, 0.15) is 5.75 Å². The fraction of sp³-hybridized carbons (Fsp3) is 0.143. The number of hydrogen-bond acceptors (Lipinski definition) is 3. The third-order valence-corrected chi connectivity index (χ3v) is 1.37. The second-order valence-corrected chi connectivity index (χ2v) is 2.31. The van der Waals surface area contributed by atoms with Crippen molar-refractivity contribution in [1.82, 2.24) is 0 Å². The molecule has 0 aromatic heterocycles. The lowest BCUT2D eigenvalue weighted by molar-refractivity contribution is -0.711. The molecule has 0 atom stereocenters. The van der Waals surface area contributed by atoms with Crippen molar-refractivity contribution < 1.29 is 23.1 Å². The highest BCUT2D eigenvalue weighted by atomic mass is 19.4. The molecule has 1 rings (SSSR count). The van der Waals surface area contributed by atoms with E-state index in [0.29, 0.717) is 6.07 Å². The van der Waals surface area contributed by atoms with Crippen molar-refractivity contribution in [2.24, 2.45) is 0 Å². The van der Waals surface area contributed by atoms with Gasteiger partial charge in [-0.25, -0.2) is 0 Å². The van der Waals surface area contributed by atoms with Gasteiger partial charge in [-0.1, -0.05) is 12.1 Å². The minimum absolute atomic E-state index is 0.707. The zero-order valence-electron chi connectivity index (χ0n) is 6.62. The number of halogens is 3. The minimum atomic E-state index is -4.66. The van der Waals surface area contributed by atoms with E-state index in [1.165, 1.54) is 6.07 Å². The maximum atomic E-state index is 12.2. The van der Waals surface area contributed by atoms with E-state index in [4.69, 9.17) is 0 Å². The van der Waals surface area contributed by atoms with Crippen molar-refractivity contribution in [3.8, 4) is 5.75 Å². The Labute approximate surface area is 76.0 Å². The van der Waals surface area contributed by atoms with Crippen molar-refractivity contribution in [3.05, 3.63) is 39.9 Å². The quantitative estimate of drug-likeness (QED) is 0.552. The maximum Gasteiger partial charge on any atom is 0.418 e. The van der Waals surface area contributed by atoms with Crippen LogP contribution in [0, 0.1) is 10.1 Å². The molecule has 0 spiro atoms. The van der Waals surface area contributed by atoms with Crippen molar-refractivity contribution in [1.29, 1.82) is 0 Å². The third kappa shape index (κ3) is 2.35. The van der Waals surface area contributed by atoms with E-state index < -0.39 is 22.6 Å². The Hall–Kier alpha value is -1.79. The number of alkyl halides is 3. The molecule has 0 N–H and O–H groups in total. The molecule has 0 aliphatic heterocycles. The zero-order chi connectivity index (χ0) is 10.8. The molecule has 76 valence electrons. The van der Waals surface area contributed by atoms with E-state index in [9.17, 15) is 23.3 Å². The van der Waals surface area contributed by atoms with E-state index in [1.54, 1.807) is 0 Å². The molecule has 1 aromatic carbocycles. The Kier molecular flexibility index (Phi) is 2.59. The summed E-state index contributed by atoms with van der Waals surface area (Å²) in [5.41, 5.74) is -1.17. The van der Waals surface area contributed by atoms with Crippen LogP contribution in [0.5, 0.6) is 5.75 Å². The van der Waals surface area contributed by atoms with E-state index in [-0.39, 0.29) is 0 Å². The molecule has 0 saturated carbocycles. The van der Waals surface area contributed by atoms with Gasteiger partial charge in [0.2, 0.25) is 0 Å². The molecule has 0 heterocycles. The molecule has 1 aromatic rings. The summed E-state index contributed by atoms with van der Waals surface area (Å²) in [6.07, 6.45) is -4.66. The second-order valence-electron chi connectivity index (χ2n) is 2.31. The van der Waals surface area contributed by atoms with E-state index >= 15 is 0 Å². The number of rotatable bonds is 2. The standard InChI is InChI=1S/C7H4F3NO3/c8-7(9,10)5-3-1-2-4-6(5)14-11(12)13/h1-4H. The molecule has 0 unspecified atom stereocenters. The number of hydrogen-bond donors (Lipinski definition) is 0. The molecule has 0 fully saturated rings. The maximum absolute atomic E-state index is 12.2. The SMILES string of the molecule is O=[N+]([O-])Oc1ccccc1C(F)(F)F. The van der Waals surface area contributed by atoms with Crippen LogP contribution >= 0.6 is 0 Å². The van der Waals surface area contributed by atoms with Crippen LogP contribution in [0.1, 0.15) is 5.56 Å². The monoisotopic (exact) mass is 207 g/mol. The topological polar surface area (TPSA) is 52.4 Å². The first-order valence-corrected chi connectivity index (χ1v) is 3.40. The van der Waals surface area contributed by atoms with Crippen LogP contribution < -0.4 is 4.84 Å². The van der Waals surface area contributed by atoms with Crippen molar-refractivity contribution in [2.45, 2.75) is 6.18 Å². The summed E-state index contributed by atoms with van der Waals surface area (Å²) in [4.78, 5) is 13.6. The van der Waals surface area contributed by atoms with Crippen molar-refractivity contribution in [3.63, 3.8) is 0 Å². The lowest BCUT2D eigenvalue weighted by Crippen LogP contribution is -2.11. The Balaban J connectivity index is 3.10. The van der Waals surface area contributed by atoms with Crippen LogP contribution in [-0.4, -0.2) is 5.09 Å². The molecule has 4 nitrogen and oxygen atoms in total. The van der Waals surface area contributed by atoms with Gasteiger partial charge < -0.3 is 0 Å². The third-order valence-electron chi connectivity index (χ3n) is 1.37. The van der Waals surface area contributed by atoms with Gasteiger partial charge >= 0.3 is 6.18 Å². The fourth-order valence-electron chi connectivity index (χ4n) is 0.861. The summed E-state index contributed by atoms with van der Waals surface area (Å²) in [6, 6.07) is 3.92. The Morgan fingerprint density at radius 3 is 2.36 bits per heavy atom. The summed E-state index contributed by atoms with van der Waals surface area (Å²) >= 11 is 0. The van der Waals surface area contributed by atoms with Crippen LogP contribution in [0.15, 0.2) is 24.3 Å². The molecule has 7 heteroatoms. The van der Waals surface area contributed by atoms with Gasteiger partial charge in [0.15, 0.2) is 0 Å². The molecular weight excluding hydrogens is 203 g/mol. The summed E-state index contributed by atoms with van der Waals surface area (Å²) in [5.74, 6) is -0.815. The summed E-state index contributed by atoms with van der Waals surface area (Å²) in [7, 11) is 0. The lowest BCUT2D eigenvalue weighted by atomic mass is 10.2. The Morgan fingerprint density at radius 2 is 1.86 bits per heavy atom. The first-order valence-electron chi connectivity index (χ1n) is 3.40. The van der Waals surface area contributed by atoms with Gasteiger partial charge in [-0.2, -0.15) is 13.2 Å². The smallest absolute Gasteiger partial charge is 0.276 e. The Bertz CT molecular complexity index is 350. The molecular formula is C7H4F3NO3. The highest BCUT2D eigenvalue weighted by Gasteiger charge is 2.34. The molecule has 0 amide bonds. The summed E-state index contributed by atoms with van der Waals surface area (Å²) in [5, 5.41) is 8.58. The first-order chi connectivity index (χ1) is 6.41. The van der Waals surface area contributed by atoms with E-state index in [0.717, 1.165) is 12.1 Å². The van der Waals surface area contributed by atoms with E-state index in [2.05, 4.69) is 4.84 Å². The molecule has 0 aliphatic rings. The molecule has 0 radical (unpaired) electrons. The van der Waals surface area contributed by atoms with Gasteiger partial charge in [-0.05, 0) is 12.1 Å². The summed E-state index contributed by atoms with van der Waals surface area (Å²) < 4.78 is 36.6. The number of nitrogens with zero attached hydrogens (tertiary/aromatic N) is 1. The van der Waals surface area contributed by atoms with Gasteiger partial charge in [0.25, 0.3) is 5.09 Å². The van der Waals surface area contributed by atoms with Gasteiger partial charge in [0, 0.05) is 0 Å². The first kappa shape index (κ1) is 10.3. The highest BCUT2D eigenvalue weighted by Crippen LogP contribution is 2.35. The van der Waals surface area contributed by atoms with E-state index in [1.807, 2.05) is 0 Å². The number of benzene rings is 1. The Morgan fingerprint density at radius 1 is 1.29 bits per heavy atom. The molecule has 0 aliphatic carbocycles. The molecule has 0 saturated heterocycles. The van der Waals surface area contributed by atoms with Crippen LogP contribution in [0.25, 0.3) is 0 Å². The van der Waals surface area contributed by atoms with Gasteiger partial charge in [0.05, 0.1) is 5.56 Å². The van der Waals surface area contributed by atoms with Crippen LogP contribution in [0.4, 0.5) is 13.2 Å². The summed E-state index contributed by atoms with van der Waals surface area (Å²) in [6.45, 7) is 0. The lowest BCUT2D eigenvalue weighted by Gasteiger charge is -2.09. The van der Waals surface area contributed by atoms with Crippen molar-refractivity contribution in [2.75, 3.05) is 0 Å². The zero-order valence-corrected chi connectivity index (χ0v) is 6.62. The largest absolute Gasteiger partial charge is 0.418 e. The minimum Gasteiger partial charge on any atom is -0.276 e. The highest BCUT2D eigenvalue weighted by molar-refractivity contribution is 5.34. The predicted molar refractivity (Wildman–Crippen MR) is 39.1 cm³/mol. The molecule has 0 bridgehead atoms.